The third-order valence-electron chi connectivity index (χ3n) is 5.18. The molecule has 2 aromatic heterocycles. The van der Waals surface area contributed by atoms with E-state index in [1.165, 1.54) is 17.2 Å². The molecule has 1 atom stereocenters. The van der Waals surface area contributed by atoms with Gasteiger partial charge in [-0.25, -0.2) is 14.5 Å². The van der Waals surface area contributed by atoms with Crippen molar-refractivity contribution in [3.05, 3.63) is 87.0 Å². The smallest absolute Gasteiger partial charge is 0.326 e. The number of benzene rings is 2. The lowest BCUT2D eigenvalue weighted by Gasteiger charge is -2.13. The number of imidazole rings is 1. The molecule has 8 nitrogen and oxygen atoms in total. The maximum atomic E-state index is 13.2. The first kappa shape index (κ1) is 23.8. The number of halogens is 3. The van der Waals surface area contributed by atoms with E-state index in [2.05, 4.69) is 20.4 Å². The van der Waals surface area contributed by atoms with Crippen LogP contribution in [-0.2, 0) is 11.2 Å². The highest BCUT2D eigenvalue weighted by Crippen LogP contribution is 2.33. The van der Waals surface area contributed by atoms with Crippen LogP contribution in [-0.4, -0.2) is 42.8 Å². The van der Waals surface area contributed by atoms with Gasteiger partial charge in [-0.15, -0.1) is 0 Å². The number of carboxylic acids is 1. The van der Waals surface area contributed by atoms with E-state index < -0.39 is 17.9 Å². The van der Waals surface area contributed by atoms with Gasteiger partial charge in [-0.05, 0) is 37.3 Å². The molecule has 11 heteroatoms. The summed E-state index contributed by atoms with van der Waals surface area (Å²) in [6, 6.07) is 10.8. The monoisotopic (exact) mass is 517 g/mol. The van der Waals surface area contributed by atoms with E-state index in [-0.39, 0.29) is 12.1 Å². The van der Waals surface area contributed by atoms with Crippen molar-refractivity contribution in [2.45, 2.75) is 19.4 Å². The van der Waals surface area contributed by atoms with E-state index >= 15 is 0 Å². The van der Waals surface area contributed by atoms with Crippen LogP contribution in [0.2, 0.25) is 15.1 Å². The molecule has 4 aromatic rings. The van der Waals surface area contributed by atoms with Gasteiger partial charge in [-0.2, -0.15) is 5.10 Å². The molecule has 3 N–H and O–H groups in total. The predicted molar refractivity (Wildman–Crippen MR) is 130 cm³/mol. The lowest BCUT2D eigenvalue weighted by molar-refractivity contribution is -0.139. The van der Waals surface area contributed by atoms with E-state index in [9.17, 15) is 14.7 Å². The van der Waals surface area contributed by atoms with Gasteiger partial charge in [0.2, 0.25) is 0 Å². The Morgan fingerprint density at radius 3 is 2.44 bits per heavy atom. The summed E-state index contributed by atoms with van der Waals surface area (Å²) in [5.74, 6) is -1.82. The van der Waals surface area contributed by atoms with Crippen molar-refractivity contribution in [2.75, 3.05) is 0 Å². The summed E-state index contributed by atoms with van der Waals surface area (Å²) < 4.78 is 1.54. The van der Waals surface area contributed by atoms with Crippen LogP contribution in [0.25, 0.3) is 16.9 Å². The van der Waals surface area contributed by atoms with Crippen molar-refractivity contribution >= 4 is 46.7 Å². The highest BCUT2D eigenvalue weighted by atomic mass is 35.5. The molecule has 0 radical (unpaired) electrons. The zero-order valence-electron chi connectivity index (χ0n) is 17.7. The molecular weight excluding hydrogens is 501 g/mol. The number of aromatic amines is 1. The zero-order chi connectivity index (χ0) is 24.4. The van der Waals surface area contributed by atoms with Crippen molar-refractivity contribution in [2.24, 2.45) is 0 Å². The van der Waals surface area contributed by atoms with Crippen molar-refractivity contribution in [3.8, 4) is 16.9 Å². The summed E-state index contributed by atoms with van der Waals surface area (Å²) in [6.07, 6.45) is 2.98. The van der Waals surface area contributed by atoms with Gasteiger partial charge in [-0.1, -0.05) is 46.9 Å². The van der Waals surface area contributed by atoms with Crippen LogP contribution >= 0.6 is 34.8 Å². The van der Waals surface area contributed by atoms with E-state index in [4.69, 9.17) is 34.8 Å². The average Bonchev–Trinajstić information content (AvgIpc) is 3.42. The molecule has 2 aromatic carbocycles. The minimum Gasteiger partial charge on any atom is -0.480 e. The second-order valence-corrected chi connectivity index (χ2v) is 8.76. The number of hydrogen-bond donors (Lipinski definition) is 3. The van der Waals surface area contributed by atoms with E-state index in [0.717, 1.165) is 5.56 Å². The Kier molecular flexibility index (Phi) is 6.92. The molecule has 34 heavy (non-hydrogen) atoms. The lowest BCUT2D eigenvalue weighted by atomic mass is 10.1. The zero-order valence-corrected chi connectivity index (χ0v) is 20.0. The molecule has 2 heterocycles. The van der Waals surface area contributed by atoms with Crippen LogP contribution in [0.1, 0.15) is 21.7 Å². The van der Waals surface area contributed by atoms with Gasteiger partial charge in [0.1, 0.15) is 6.04 Å². The van der Waals surface area contributed by atoms with E-state index in [1.54, 1.807) is 49.4 Å². The Labute approximate surface area is 209 Å². The Balaban J connectivity index is 1.77. The highest BCUT2D eigenvalue weighted by molar-refractivity contribution is 6.35. The number of nitrogens with zero attached hydrogens (tertiary/aromatic N) is 3. The first-order chi connectivity index (χ1) is 16.2. The fourth-order valence-electron chi connectivity index (χ4n) is 3.53. The average molecular weight is 519 g/mol. The first-order valence-corrected chi connectivity index (χ1v) is 11.2. The molecule has 174 valence electrons. The molecule has 0 unspecified atom stereocenters. The molecule has 0 aliphatic rings. The summed E-state index contributed by atoms with van der Waals surface area (Å²) in [7, 11) is 0. The minimum atomic E-state index is -1.18. The largest absolute Gasteiger partial charge is 0.480 e. The predicted octanol–water partition coefficient (Wildman–Crippen LogP) is 4.96. The van der Waals surface area contributed by atoms with Gasteiger partial charge >= 0.3 is 5.97 Å². The third-order valence-corrected chi connectivity index (χ3v) is 5.96. The lowest BCUT2D eigenvalue weighted by Crippen LogP contribution is -2.42. The van der Waals surface area contributed by atoms with Crippen molar-refractivity contribution in [1.82, 2.24) is 25.1 Å². The van der Waals surface area contributed by atoms with Crippen molar-refractivity contribution in [3.63, 3.8) is 0 Å². The van der Waals surface area contributed by atoms with Gasteiger partial charge in [0.25, 0.3) is 5.91 Å². The molecule has 1 amide bonds. The van der Waals surface area contributed by atoms with Crippen molar-refractivity contribution < 1.29 is 14.7 Å². The van der Waals surface area contributed by atoms with Crippen LogP contribution < -0.4 is 5.32 Å². The van der Waals surface area contributed by atoms with Gasteiger partial charge in [-0.3, -0.25) is 4.79 Å². The summed E-state index contributed by atoms with van der Waals surface area (Å²) in [5.41, 5.74) is 3.02. The van der Waals surface area contributed by atoms with Gasteiger partial charge in [0, 0.05) is 39.5 Å². The van der Waals surface area contributed by atoms with Crippen LogP contribution in [0.15, 0.2) is 55.0 Å². The Bertz CT molecular complexity index is 1350. The topological polar surface area (TPSA) is 113 Å². The number of rotatable bonds is 7. The molecular formula is C23H18Cl3N5O3. The number of H-pyrrole nitrogens is 1. The summed E-state index contributed by atoms with van der Waals surface area (Å²) in [6.45, 7) is 1.73. The number of amides is 1. The maximum Gasteiger partial charge on any atom is 0.326 e. The molecule has 0 spiro atoms. The second kappa shape index (κ2) is 9.89. The Morgan fingerprint density at radius 1 is 1.12 bits per heavy atom. The van der Waals surface area contributed by atoms with Gasteiger partial charge in [0.05, 0.1) is 22.7 Å². The molecule has 4 rings (SSSR count). The Hall–Kier alpha value is -3.33. The number of aliphatic carboxylic acids is 1. The summed E-state index contributed by atoms with van der Waals surface area (Å²) in [5, 5.41) is 18.0. The molecule has 0 saturated heterocycles. The number of nitrogens with one attached hydrogen (secondary N) is 2. The standard InChI is InChI=1S/C23H18Cl3N5O3/c1-12-20(22(32)29-18(23(33)34)9-16-10-27-11-28-16)30-31(19-7-6-15(25)8-17(19)26)21(12)13-2-4-14(24)5-3-13/h2-8,10-11,18H,9H2,1H3,(H,27,28)(H,29,32)(H,33,34)/t18-/m0/s1. The maximum absolute atomic E-state index is 13.2. The number of hydrogen-bond acceptors (Lipinski definition) is 4. The van der Waals surface area contributed by atoms with Gasteiger partial charge in [0.15, 0.2) is 5.69 Å². The fraction of sp³-hybridized carbons (Fsp3) is 0.130. The number of carbonyl (C=O) groups excluding carboxylic acids is 1. The molecule has 0 bridgehead atoms. The SMILES string of the molecule is Cc1c(C(=O)N[C@@H](Cc2cnc[nH]2)C(=O)O)nn(-c2ccc(Cl)cc2Cl)c1-c1ccc(Cl)cc1. The van der Waals surface area contributed by atoms with Crippen molar-refractivity contribution in [1.29, 1.82) is 0 Å². The number of carboxylic acid groups (broad SMARTS) is 1. The summed E-state index contributed by atoms with van der Waals surface area (Å²) in [4.78, 5) is 31.7. The second-order valence-electron chi connectivity index (χ2n) is 7.48. The van der Waals surface area contributed by atoms with Crippen LogP contribution in [0.5, 0.6) is 0 Å². The van der Waals surface area contributed by atoms with E-state index in [1.807, 2.05) is 0 Å². The fourth-order valence-corrected chi connectivity index (χ4v) is 4.14. The van der Waals surface area contributed by atoms with Crippen LogP contribution in [0, 0.1) is 6.92 Å². The molecule has 0 aliphatic carbocycles. The van der Waals surface area contributed by atoms with Gasteiger partial charge < -0.3 is 15.4 Å². The minimum absolute atomic E-state index is 0.0356. The number of carbonyl (C=O) groups is 2. The first-order valence-electron chi connectivity index (χ1n) is 10.1. The Morgan fingerprint density at radius 2 is 1.82 bits per heavy atom. The normalized spacial score (nSPS) is 11.9. The third kappa shape index (κ3) is 4.94. The molecule has 0 aliphatic heterocycles. The molecule has 0 fully saturated rings. The highest BCUT2D eigenvalue weighted by Gasteiger charge is 2.27. The number of aromatic nitrogens is 4. The van der Waals surface area contributed by atoms with Crippen LogP contribution in [0.4, 0.5) is 0 Å². The molecule has 0 saturated carbocycles. The summed E-state index contributed by atoms with van der Waals surface area (Å²) >= 11 is 18.6. The van der Waals surface area contributed by atoms with E-state index in [0.29, 0.717) is 37.7 Å². The quantitative estimate of drug-likeness (QED) is 0.320. The van der Waals surface area contributed by atoms with Crippen LogP contribution in [0.3, 0.4) is 0 Å².